The summed E-state index contributed by atoms with van der Waals surface area (Å²) in [6.07, 6.45) is 4.55. The molecule has 0 bridgehead atoms. The molecule has 2 aliphatic carbocycles. The standard InChI is InChI=1S/C36H38F2N6O4S2/c1-20-29(34-43-31-27(49-34)14-15-39-30(31)22-12-13-22)33(44-35(41-20)40-17-24-25(37)10-7-11-26(24)38)42-28-16-23(19-50(3,46)47)32(36(28,2)45)48-18-21-8-5-4-6-9-21/h4-11,14-15,22-23,28,32,45H,12-13,16-19H2,1-3H3,(H2,40,41,42,44)/t23-,28?,32-,36+/m1/s1. The van der Waals surface area contributed by atoms with E-state index < -0.39 is 45.1 Å². The summed E-state index contributed by atoms with van der Waals surface area (Å²) in [6, 6.07) is 14.4. The third-order valence-corrected chi connectivity index (χ3v) is 11.5. The van der Waals surface area contributed by atoms with Crippen molar-refractivity contribution in [1.82, 2.24) is 19.9 Å². The van der Waals surface area contributed by atoms with Gasteiger partial charge in [-0.25, -0.2) is 27.2 Å². The lowest BCUT2D eigenvalue weighted by Crippen LogP contribution is -2.49. The van der Waals surface area contributed by atoms with Crippen molar-refractivity contribution in [3.63, 3.8) is 0 Å². The molecule has 10 nitrogen and oxygen atoms in total. The minimum absolute atomic E-state index is 0.111. The van der Waals surface area contributed by atoms with Gasteiger partial charge in [-0.15, -0.1) is 11.3 Å². The van der Waals surface area contributed by atoms with E-state index in [1.54, 1.807) is 20.0 Å². The number of sulfone groups is 1. The Balaban J connectivity index is 1.26. The molecule has 2 aromatic carbocycles. The molecule has 3 aromatic heterocycles. The predicted molar refractivity (Wildman–Crippen MR) is 190 cm³/mol. The number of benzene rings is 2. The van der Waals surface area contributed by atoms with Gasteiger partial charge in [0.1, 0.15) is 43.4 Å². The average Bonchev–Trinajstić information content (AvgIpc) is 3.76. The van der Waals surface area contributed by atoms with Gasteiger partial charge in [-0.2, -0.15) is 4.98 Å². The Kier molecular flexibility index (Phi) is 9.31. The first-order valence-corrected chi connectivity index (χ1v) is 19.4. The molecule has 1 unspecified atom stereocenters. The largest absolute Gasteiger partial charge is 0.385 e. The number of fused-ring (bicyclic) bond motifs is 1. The second kappa shape index (κ2) is 13.5. The van der Waals surface area contributed by atoms with Crippen LogP contribution in [0.5, 0.6) is 0 Å². The molecule has 0 amide bonds. The van der Waals surface area contributed by atoms with Gasteiger partial charge < -0.3 is 20.5 Å². The fourth-order valence-corrected chi connectivity index (χ4v) is 8.99. The fourth-order valence-electron chi connectivity index (χ4n) is 6.84. The summed E-state index contributed by atoms with van der Waals surface area (Å²) in [5.74, 6) is -1.27. The minimum Gasteiger partial charge on any atom is -0.385 e. The van der Waals surface area contributed by atoms with Crippen LogP contribution in [-0.2, 0) is 27.7 Å². The molecule has 0 spiro atoms. The van der Waals surface area contributed by atoms with Gasteiger partial charge in [-0.3, -0.25) is 4.98 Å². The van der Waals surface area contributed by atoms with E-state index in [-0.39, 0.29) is 36.8 Å². The summed E-state index contributed by atoms with van der Waals surface area (Å²) >= 11 is 1.47. The summed E-state index contributed by atoms with van der Waals surface area (Å²) in [5, 5.41) is 19.1. The third kappa shape index (κ3) is 7.20. The first kappa shape index (κ1) is 34.3. The summed E-state index contributed by atoms with van der Waals surface area (Å²) in [5.41, 5.74) is 2.14. The molecule has 4 atom stereocenters. The topological polar surface area (TPSA) is 139 Å². The number of aromatic nitrogens is 4. The number of halogens is 2. The van der Waals surface area contributed by atoms with Gasteiger partial charge in [-0.05, 0) is 56.9 Å². The van der Waals surface area contributed by atoms with Crippen LogP contribution in [0.2, 0.25) is 0 Å². The number of ether oxygens (including phenoxy) is 1. The number of rotatable bonds is 12. The number of thiazole rings is 1. The molecule has 3 N–H and O–H groups in total. The maximum absolute atomic E-state index is 14.5. The maximum Gasteiger partial charge on any atom is 0.225 e. The zero-order valence-electron chi connectivity index (χ0n) is 27.9. The van der Waals surface area contributed by atoms with Crippen molar-refractivity contribution in [3.8, 4) is 10.6 Å². The van der Waals surface area contributed by atoms with Gasteiger partial charge in [0, 0.05) is 36.4 Å². The molecule has 0 saturated heterocycles. The lowest BCUT2D eigenvalue weighted by Gasteiger charge is -2.33. The molecule has 14 heteroatoms. The molecule has 3 heterocycles. The molecular weight excluding hydrogens is 683 g/mol. The Morgan fingerprint density at radius 2 is 1.78 bits per heavy atom. The summed E-state index contributed by atoms with van der Waals surface area (Å²) < 4.78 is 61.4. The highest BCUT2D eigenvalue weighted by Gasteiger charge is 2.53. The normalized spacial score (nSPS) is 22.2. The molecule has 2 saturated carbocycles. The fraction of sp³-hybridized carbons (Fsp3) is 0.389. The SMILES string of the molecule is Cc1nc(NCc2c(F)cccc2F)nc(NC2C[C@H](CS(C)(=O)=O)[C@@H](OCc3ccccc3)[C@@]2(C)O)c1-c1nc2c(C3CC3)nccc2s1. The lowest BCUT2D eigenvalue weighted by atomic mass is 9.96. The Bertz CT molecular complexity index is 2120. The van der Waals surface area contributed by atoms with Crippen molar-refractivity contribution in [2.45, 2.75) is 69.9 Å². The Morgan fingerprint density at radius 1 is 1.04 bits per heavy atom. The molecular formula is C36H38F2N6O4S2. The van der Waals surface area contributed by atoms with Crippen LogP contribution in [0.3, 0.4) is 0 Å². The van der Waals surface area contributed by atoms with Crippen LogP contribution in [0.25, 0.3) is 20.8 Å². The zero-order valence-corrected chi connectivity index (χ0v) is 29.5. The Labute approximate surface area is 293 Å². The molecule has 262 valence electrons. The quantitative estimate of drug-likeness (QED) is 0.133. The van der Waals surface area contributed by atoms with Crippen molar-refractivity contribution < 1.29 is 27.0 Å². The number of nitrogens with one attached hydrogen (secondary N) is 2. The Hall–Kier alpha value is -4.11. The summed E-state index contributed by atoms with van der Waals surface area (Å²) in [4.78, 5) is 19.1. The van der Waals surface area contributed by atoms with Crippen molar-refractivity contribution in [2.75, 3.05) is 22.6 Å². The highest BCUT2D eigenvalue weighted by molar-refractivity contribution is 7.90. The molecule has 7 rings (SSSR count). The number of hydrogen-bond acceptors (Lipinski definition) is 11. The van der Waals surface area contributed by atoms with Crippen LogP contribution < -0.4 is 10.6 Å². The predicted octanol–water partition coefficient (Wildman–Crippen LogP) is 6.41. The highest BCUT2D eigenvalue weighted by Crippen LogP contribution is 2.45. The number of hydrogen-bond donors (Lipinski definition) is 3. The molecule has 50 heavy (non-hydrogen) atoms. The summed E-state index contributed by atoms with van der Waals surface area (Å²) in [7, 11) is -3.43. The second-order valence-electron chi connectivity index (χ2n) is 13.5. The average molecular weight is 721 g/mol. The lowest BCUT2D eigenvalue weighted by molar-refractivity contribution is -0.102. The Morgan fingerprint density at radius 3 is 2.48 bits per heavy atom. The van der Waals surface area contributed by atoms with Gasteiger partial charge in [0.2, 0.25) is 5.95 Å². The number of nitrogens with zero attached hydrogens (tertiary/aromatic N) is 4. The van der Waals surface area contributed by atoms with E-state index in [1.165, 1.54) is 35.8 Å². The van der Waals surface area contributed by atoms with Crippen LogP contribution in [0.15, 0.2) is 60.8 Å². The molecule has 0 radical (unpaired) electrons. The maximum atomic E-state index is 14.5. The van der Waals surface area contributed by atoms with E-state index in [0.717, 1.165) is 34.3 Å². The van der Waals surface area contributed by atoms with E-state index in [1.807, 2.05) is 36.4 Å². The van der Waals surface area contributed by atoms with E-state index in [2.05, 4.69) is 20.6 Å². The smallest absolute Gasteiger partial charge is 0.225 e. The molecule has 2 aliphatic rings. The van der Waals surface area contributed by atoms with Crippen LogP contribution in [0, 0.1) is 24.5 Å². The van der Waals surface area contributed by atoms with Gasteiger partial charge in [0.15, 0.2) is 0 Å². The number of aliphatic hydroxyl groups is 1. The summed E-state index contributed by atoms with van der Waals surface area (Å²) in [6.45, 7) is 3.42. The second-order valence-corrected chi connectivity index (χ2v) is 16.7. The van der Waals surface area contributed by atoms with Crippen LogP contribution in [0.4, 0.5) is 20.5 Å². The van der Waals surface area contributed by atoms with Gasteiger partial charge >= 0.3 is 0 Å². The third-order valence-electron chi connectivity index (χ3n) is 9.44. The monoisotopic (exact) mass is 720 g/mol. The van der Waals surface area contributed by atoms with Crippen molar-refractivity contribution >= 4 is 43.2 Å². The highest BCUT2D eigenvalue weighted by atomic mass is 32.2. The number of aryl methyl sites for hydroxylation is 1. The van der Waals surface area contributed by atoms with Crippen molar-refractivity contribution in [2.24, 2.45) is 5.92 Å². The van der Waals surface area contributed by atoms with Gasteiger partial charge in [0.05, 0.1) is 46.2 Å². The van der Waals surface area contributed by atoms with Crippen molar-refractivity contribution in [3.05, 3.63) is 94.9 Å². The molecule has 5 aromatic rings. The zero-order chi connectivity index (χ0) is 35.2. The van der Waals surface area contributed by atoms with E-state index >= 15 is 0 Å². The van der Waals surface area contributed by atoms with Crippen LogP contribution >= 0.6 is 11.3 Å². The van der Waals surface area contributed by atoms with Gasteiger partial charge in [0.25, 0.3) is 0 Å². The van der Waals surface area contributed by atoms with E-state index in [4.69, 9.17) is 14.7 Å². The first-order chi connectivity index (χ1) is 23.9. The number of anilines is 2. The van der Waals surface area contributed by atoms with Crippen molar-refractivity contribution in [1.29, 1.82) is 0 Å². The first-order valence-electron chi connectivity index (χ1n) is 16.5. The van der Waals surface area contributed by atoms with E-state index in [0.29, 0.717) is 28.0 Å². The molecule has 2 fully saturated rings. The number of pyridine rings is 1. The van der Waals surface area contributed by atoms with Crippen LogP contribution in [0.1, 0.15) is 54.6 Å². The van der Waals surface area contributed by atoms with Crippen LogP contribution in [-0.4, -0.2) is 63.2 Å². The van der Waals surface area contributed by atoms with E-state index in [9.17, 15) is 22.3 Å². The van der Waals surface area contributed by atoms with Gasteiger partial charge in [-0.1, -0.05) is 36.4 Å². The molecule has 0 aliphatic heterocycles. The minimum atomic E-state index is -3.43.